The van der Waals surface area contributed by atoms with Gasteiger partial charge < -0.3 is 9.29 Å². The monoisotopic (exact) mass is 625 g/mol. The van der Waals surface area contributed by atoms with Gasteiger partial charge in [0.1, 0.15) is 21.6 Å². The summed E-state index contributed by atoms with van der Waals surface area (Å²) in [7, 11) is -8.69. The Kier molecular flexibility index (Phi) is 9.39. The fourth-order valence-electron chi connectivity index (χ4n) is 3.49. The van der Waals surface area contributed by atoms with Crippen molar-refractivity contribution in [2.45, 2.75) is 35.1 Å². The summed E-state index contributed by atoms with van der Waals surface area (Å²) in [6, 6.07) is 11.6. The average molecular weight is 627 g/mol. The molecule has 0 heterocycles. The summed E-state index contributed by atoms with van der Waals surface area (Å²) in [6.45, 7) is 1.68. The lowest BCUT2D eigenvalue weighted by atomic mass is 9.89. The number of carboxylic acids is 1. The van der Waals surface area contributed by atoms with Gasteiger partial charge in [0.25, 0.3) is 0 Å². The number of aliphatic carboxylic acids is 1. The van der Waals surface area contributed by atoms with Crippen molar-refractivity contribution in [3.8, 4) is 5.75 Å². The van der Waals surface area contributed by atoms with E-state index in [1.54, 1.807) is 6.92 Å². The number of carboxylic acid groups (broad SMARTS) is 1. The van der Waals surface area contributed by atoms with E-state index in [-0.39, 0.29) is 42.1 Å². The summed E-state index contributed by atoms with van der Waals surface area (Å²) < 4.78 is 58.5. The molecule has 0 aliphatic heterocycles. The second-order valence-corrected chi connectivity index (χ2v) is 12.6. The highest BCUT2D eigenvalue weighted by Gasteiger charge is 2.34. The van der Waals surface area contributed by atoms with E-state index in [0.717, 1.165) is 12.1 Å². The fourth-order valence-corrected chi connectivity index (χ4v) is 7.16. The Morgan fingerprint density at radius 3 is 1.89 bits per heavy atom. The number of hydrogen-bond donors (Lipinski definition) is 2. The molecule has 14 heteroatoms. The second kappa shape index (κ2) is 11.8. The molecule has 2 atom stereocenters. The predicted molar refractivity (Wildman–Crippen MR) is 142 cm³/mol. The van der Waals surface area contributed by atoms with E-state index >= 15 is 0 Å². The lowest BCUT2D eigenvalue weighted by Crippen LogP contribution is -2.44. The van der Waals surface area contributed by atoms with Crippen molar-refractivity contribution in [1.82, 2.24) is 4.72 Å². The minimum Gasteiger partial charge on any atom is -0.480 e. The van der Waals surface area contributed by atoms with Crippen LogP contribution in [0, 0.1) is 0 Å². The smallest absolute Gasteiger partial charge is 0.340 e. The SMILES string of the molecule is CCC(c1ccc(OS(=O)(=O)c2cc(Cl)ccc2Cl)cc1)C(NS(=O)(=O)c1cc(Cl)ccc1Cl)C(=O)O. The van der Waals surface area contributed by atoms with E-state index in [1.807, 2.05) is 0 Å². The van der Waals surface area contributed by atoms with Gasteiger partial charge in [0.05, 0.1) is 10.0 Å². The first-order chi connectivity index (χ1) is 17.2. The normalized spacial score (nSPS) is 13.6. The van der Waals surface area contributed by atoms with Crippen molar-refractivity contribution < 1.29 is 30.9 Å². The van der Waals surface area contributed by atoms with Crippen molar-refractivity contribution in [3.63, 3.8) is 0 Å². The Hall–Kier alpha value is -2.05. The first kappa shape index (κ1) is 29.5. The summed E-state index contributed by atoms with van der Waals surface area (Å²) in [6.07, 6.45) is 0.222. The maximum atomic E-state index is 12.9. The molecule has 0 aromatic heterocycles. The summed E-state index contributed by atoms with van der Waals surface area (Å²) in [5, 5.41) is 9.88. The van der Waals surface area contributed by atoms with Crippen molar-refractivity contribution in [3.05, 3.63) is 86.3 Å². The van der Waals surface area contributed by atoms with Gasteiger partial charge in [-0.25, -0.2) is 8.42 Å². The number of halogens is 4. The number of sulfonamides is 1. The van der Waals surface area contributed by atoms with Crippen LogP contribution in [0.1, 0.15) is 24.8 Å². The lowest BCUT2D eigenvalue weighted by Gasteiger charge is -2.24. The molecule has 198 valence electrons. The van der Waals surface area contributed by atoms with E-state index in [0.29, 0.717) is 5.56 Å². The number of hydrogen-bond acceptors (Lipinski definition) is 6. The average Bonchev–Trinajstić information content (AvgIpc) is 2.82. The zero-order valence-electron chi connectivity index (χ0n) is 18.9. The molecule has 8 nitrogen and oxygen atoms in total. The highest BCUT2D eigenvalue weighted by molar-refractivity contribution is 7.89. The van der Waals surface area contributed by atoms with E-state index < -0.39 is 38.1 Å². The van der Waals surface area contributed by atoms with Crippen LogP contribution in [0.5, 0.6) is 5.75 Å². The molecule has 0 radical (unpaired) electrons. The molecular weight excluding hydrogens is 608 g/mol. The van der Waals surface area contributed by atoms with Crippen molar-refractivity contribution in [2.24, 2.45) is 0 Å². The van der Waals surface area contributed by atoms with Crippen molar-refractivity contribution >= 4 is 72.5 Å². The van der Waals surface area contributed by atoms with E-state index in [2.05, 4.69) is 4.72 Å². The zero-order chi connectivity index (χ0) is 27.5. The molecule has 0 spiro atoms. The molecule has 37 heavy (non-hydrogen) atoms. The van der Waals surface area contributed by atoms with Gasteiger partial charge >= 0.3 is 16.1 Å². The van der Waals surface area contributed by atoms with Gasteiger partial charge in [0.2, 0.25) is 10.0 Å². The fraction of sp³-hybridized carbons (Fsp3) is 0.174. The number of rotatable bonds is 10. The van der Waals surface area contributed by atoms with E-state index in [9.17, 15) is 26.7 Å². The molecule has 0 aliphatic rings. The zero-order valence-corrected chi connectivity index (χ0v) is 23.5. The number of benzene rings is 3. The minimum absolute atomic E-state index is 0.0761. The largest absolute Gasteiger partial charge is 0.480 e. The Balaban J connectivity index is 1.88. The van der Waals surface area contributed by atoms with Crippen LogP contribution in [-0.2, 0) is 24.9 Å². The Bertz CT molecular complexity index is 1530. The molecule has 2 unspecified atom stereocenters. The third-order valence-corrected chi connectivity index (χ3v) is 9.37. The van der Waals surface area contributed by atoms with E-state index in [4.69, 9.17) is 50.6 Å². The van der Waals surface area contributed by atoms with Gasteiger partial charge in [-0.2, -0.15) is 13.1 Å². The Morgan fingerprint density at radius 1 is 0.865 bits per heavy atom. The molecule has 0 bridgehead atoms. The molecule has 0 saturated heterocycles. The highest BCUT2D eigenvalue weighted by atomic mass is 35.5. The Morgan fingerprint density at radius 2 is 1.38 bits per heavy atom. The van der Waals surface area contributed by atoms with Crippen LogP contribution in [0.25, 0.3) is 0 Å². The minimum atomic E-state index is -4.37. The van der Waals surface area contributed by atoms with Crippen LogP contribution >= 0.6 is 46.4 Å². The molecule has 0 saturated carbocycles. The summed E-state index contributed by atoms with van der Waals surface area (Å²) in [5.41, 5.74) is 0.417. The van der Waals surface area contributed by atoms with Crippen LogP contribution < -0.4 is 8.91 Å². The molecule has 3 aromatic rings. The molecule has 3 aromatic carbocycles. The Labute approximate surface area is 234 Å². The van der Waals surface area contributed by atoms with Crippen LogP contribution in [0.15, 0.2) is 70.5 Å². The predicted octanol–water partition coefficient (Wildman–Crippen LogP) is 5.99. The third kappa shape index (κ3) is 7.08. The molecule has 0 amide bonds. The molecular formula is C23H19Cl4NO7S2. The first-order valence-corrected chi connectivity index (χ1v) is 14.8. The molecule has 3 rings (SSSR count). The summed E-state index contributed by atoms with van der Waals surface area (Å²) in [4.78, 5) is 11.4. The van der Waals surface area contributed by atoms with Crippen LogP contribution in [0.4, 0.5) is 0 Å². The maximum Gasteiger partial charge on any atom is 0.340 e. The van der Waals surface area contributed by atoms with Gasteiger partial charge in [-0.1, -0.05) is 65.5 Å². The van der Waals surface area contributed by atoms with Gasteiger partial charge in [0.15, 0.2) is 0 Å². The molecule has 2 N–H and O–H groups in total. The van der Waals surface area contributed by atoms with Gasteiger partial charge in [-0.15, -0.1) is 0 Å². The maximum absolute atomic E-state index is 12.9. The second-order valence-electron chi connectivity index (χ2n) is 7.71. The third-order valence-electron chi connectivity index (χ3n) is 5.25. The number of carbonyl (C=O) groups is 1. The first-order valence-electron chi connectivity index (χ1n) is 10.4. The standard InChI is InChI=1S/C23H19Cl4NO7S2/c1-2-17(22(23(29)30)28-36(31,32)20-11-14(24)5-9-18(20)26)13-3-7-16(8-4-13)35-37(33,34)21-12-15(25)6-10-19(21)27/h3-12,17,22,28H,2H2,1H3,(H,29,30). The van der Waals surface area contributed by atoms with Crippen molar-refractivity contribution in [2.75, 3.05) is 0 Å². The topological polar surface area (TPSA) is 127 Å². The molecule has 0 aliphatic carbocycles. The summed E-state index contributed by atoms with van der Waals surface area (Å²) in [5.74, 6) is -2.34. The van der Waals surface area contributed by atoms with Crippen LogP contribution in [-0.4, -0.2) is 34.0 Å². The van der Waals surface area contributed by atoms with Crippen molar-refractivity contribution in [1.29, 1.82) is 0 Å². The molecule has 0 fully saturated rings. The summed E-state index contributed by atoms with van der Waals surface area (Å²) >= 11 is 23.7. The highest BCUT2D eigenvalue weighted by Crippen LogP contribution is 2.31. The van der Waals surface area contributed by atoms with Crippen LogP contribution in [0.3, 0.4) is 0 Å². The van der Waals surface area contributed by atoms with Crippen LogP contribution in [0.2, 0.25) is 20.1 Å². The van der Waals surface area contributed by atoms with Gasteiger partial charge in [0, 0.05) is 16.0 Å². The lowest BCUT2D eigenvalue weighted by molar-refractivity contribution is -0.139. The quantitative estimate of drug-likeness (QED) is 0.265. The van der Waals surface area contributed by atoms with Gasteiger partial charge in [-0.05, 0) is 60.5 Å². The number of nitrogens with one attached hydrogen (secondary N) is 1. The van der Waals surface area contributed by atoms with E-state index in [1.165, 1.54) is 48.5 Å². The van der Waals surface area contributed by atoms with Gasteiger partial charge in [-0.3, -0.25) is 4.79 Å².